The van der Waals surface area contributed by atoms with E-state index in [9.17, 15) is 14.9 Å². The van der Waals surface area contributed by atoms with Gasteiger partial charge in [-0.2, -0.15) is 5.26 Å². The molecule has 0 unspecified atom stereocenters. The number of rotatable bonds is 3. The molecule has 0 aromatic heterocycles. The minimum atomic E-state index is -0.526. The SMILES string of the molecule is N#C/C(C(=O)Nc1ccccc1)=C1/SCC(=O)N1c1ccccc1. The van der Waals surface area contributed by atoms with Crippen molar-refractivity contribution >= 4 is 35.0 Å². The molecule has 24 heavy (non-hydrogen) atoms. The van der Waals surface area contributed by atoms with Crippen LogP contribution in [0.15, 0.2) is 71.3 Å². The first-order chi connectivity index (χ1) is 11.7. The summed E-state index contributed by atoms with van der Waals surface area (Å²) in [6.45, 7) is 0. The Balaban J connectivity index is 1.96. The van der Waals surface area contributed by atoms with Crippen molar-refractivity contribution in [3.63, 3.8) is 0 Å². The topological polar surface area (TPSA) is 73.2 Å². The highest BCUT2D eigenvalue weighted by Gasteiger charge is 2.33. The fourth-order valence-electron chi connectivity index (χ4n) is 2.31. The zero-order valence-corrected chi connectivity index (χ0v) is 13.4. The lowest BCUT2D eigenvalue weighted by atomic mass is 10.2. The van der Waals surface area contributed by atoms with Crippen molar-refractivity contribution in [2.45, 2.75) is 0 Å². The summed E-state index contributed by atoms with van der Waals surface area (Å²) in [4.78, 5) is 26.1. The lowest BCUT2D eigenvalue weighted by molar-refractivity contribution is -0.115. The number of carbonyl (C=O) groups excluding carboxylic acids is 2. The molecule has 2 aromatic rings. The van der Waals surface area contributed by atoms with Crippen LogP contribution in [0.2, 0.25) is 0 Å². The number of hydrogen-bond acceptors (Lipinski definition) is 4. The Labute approximate surface area is 143 Å². The summed E-state index contributed by atoms with van der Waals surface area (Å²) < 4.78 is 0. The molecular formula is C18H13N3O2S. The third-order valence-corrected chi connectivity index (χ3v) is 4.44. The quantitative estimate of drug-likeness (QED) is 0.691. The maximum atomic E-state index is 12.5. The van der Waals surface area contributed by atoms with Gasteiger partial charge in [0, 0.05) is 11.4 Å². The molecule has 0 radical (unpaired) electrons. The highest BCUT2D eigenvalue weighted by molar-refractivity contribution is 8.04. The van der Waals surface area contributed by atoms with Crippen molar-refractivity contribution in [1.29, 1.82) is 5.26 Å². The molecule has 2 amide bonds. The van der Waals surface area contributed by atoms with E-state index in [4.69, 9.17) is 0 Å². The zero-order valence-electron chi connectivity index (χ0n) is 12.6. The molecule has 118 valence electrons. The maximum Gasteiger partial charge on any atom is 0.269 e. The predicted molar refractivity (Wildman–Crippen MR) is 94.1 cm³/mol. The van der Waals surface area contributed by atoms with Crippen molar-refractivity contribution in [1.82, 2.24) is 0 Å². The first-order valence-corrected chi connectivity index (χ1v) is 8.21. The van der Waals surface area contributed by atoms with Gasteiger partial charge in [0.2, 0.25) is 5.91 Å². The van der Waals surface area contributed by atoms with Crippen LogP contribution in [-0.4, -0.2) is 17.6 Å². The molecule has 1 heterocycles. The van der Waals surface area contributed by atoms with Crippen LogP contribution in [0.4, 0.5) is 11.4 Å². The second kappa shape index (κ2) is 7.02. The molecule has 1 fully saturated rings. The van der Waals surface area contributed by atoms with Gasteiger partial charge in [-0.05, 0) is 24.3 Å². The van der Waals surface area contributed by atoms with Crippen molar-refractivity contribution < 1.29 is 9.59 Å². The Morgan fingerprint density at radius 3 is 2.33 bits per heavy atom. The van der Waals surface area contributed by atoms with Gasteiger partial charge in [-0.25, -0.2) is 0 Å². The summed E-state index contributed by atoms with van der Waals surface area (Å²) >= 11 is 1.20. The first-order valence-electron chi connectivity index (χ1n) is 7.22. The molecule has 0 aliphatic carbocycles. The zero-order chi connectivity index (χ0) is 16.9. The third-order valence-electron chi connectivity index (χ3n) is 3.38. The molecule has 0 spiro atoms. The molecule has 1 aliphatic rings. The van der Waals surface area contributed by atoms with Gasteiger partial charge < -0.3 is 5.32 Å². The number of anilines is 2. The minimum absolute atomic E-state index is 0.0708. The molecule has 1 saturated heterocycles. The fourth-order valence-corrected chi connectivity index (χ4v) is 3.31. The van der Waals surface area contributed by atoms with E-state index in [1.165, 1.54) is 16.7 Å². The average Bonchev–Trinajstić information content (AvgIpc) is 2.98. The Bertz CT molecular complexity index is 842. The van der Waals surface area contributed by atoms with Crippen LogP contribution in [0.1, 0.15) is 0 Å². The molecule has 1 N–H and O–H groups in total. The Kier molecular flexibility index (Phi) is 4.64. The van der Waals surface area contributed by atoms with E-state index < -0.39 is 5.91 Å². The van der Waals surface area contributed by atoms with E-state index in [2.05, 4.69) is 5.32 Å². The van der Waals surface area contributed by atoms with E-state index in [0.29, 0.717) is 16.4 Å². The van der Waals surface area contributed by atoms with Crippen molar-refractivity contribution in [3.05, 3.63) is 71.3 Å². The van der Waals surface area contributed by atoms with Crippen LogP contribution in [0.3, 0.4) is 0 Å². The molecule has 0 atom stereocenters. The molecule has 5 nitrogen and oxygen atoms in total. The van der Waals surface area contributed by atoms with Crippen LogP contribution in [0.5, 0.6) is 0 Å². The number of nitriles is 1. The van der Waals surface area contributed by atoms with Gasteiger partial charge in [-0.1, -0.05) is 48.2 Å². The van der Waals surface area contributed by atoms with Crippen LogP contribution >= 0.6 is 11.8 Å². The predicted octanol–water partition coefficient (Wildman–Crippen LogP) is 3.14. The van der Waals surface area contributed by atoms with Crippen molar-refractivity contribution in [2.24, 2.45) is 0 Å². The van der Waals surface area contributed by atoms with Gasteiger partial charge in [-0.3, -0.25) is 14.5 Å². The van der Waals surface area contributed by atoms with E-state index in [1.54, 1.807) is 48.5 Å². The molecular weight excluding hydrogens is 322 g/mol. The standard InChI is InChI=1S/C18H13N3O2S/c19-11-15(17(23)20-13-7-3-1-4-8-13)18-21(16(22)12-24-18)14-9-5-2-6-10-14/h1-10H,12H2,(H,20,23)/b18-15-. The summed E-state index contributed by atoms with van der Waals surface area (Å²) in [6.07, 6.45) is 0. The van der Waals surface area contributed by atoms with Crippen LogP contribution in [0, 0.1) is 11.3 Å². The number of hydrogen-bond donors (Lipinski definition) is 1. The summed E-state index contributed by atoms with van der Waals surface area (Å²) in [5.74, 6) is -0.475. The Morgan fingerprint density at radius 1 is 1.08 bits per heavy atom. The second-order valence-electron chi connectivity index (χ2n) is 4.97. The molecule has 1 aliphatic heterocycles. The number of benzene rings is 2. The Hall–Kier alpha value is -3.04. The highest BCUT2D eigenvalue weighted by Crippen LogP contribution is 2.36. The lowest BCUT2D eigenvalue weighted by Crippen LogP contribution is -2.26. The van der Waals surface area contributed by atoms with Gasteiger partial charge in [0.15, 0.2) is 0 Å². The normalized spacial score (nSPS) is 15.8. The second-order valence-corrected chi connectivity index (χ2v) is 5.93. The monoisotopic (exact) mass is 335 g/mol. The molecule has 2 aromatic carbocycles. The number of nitrogens with one attached hydrogen (secondary N) is 1. The lowest BCUT2D eigenvalue weighted by Gasteiger charge is -2.18. The number of thioether (sulfide) groups is 1. The summed E-state index contributed by atoms with van der Waals surface area (Å²) in [5, 5.41) is 12.5. The van der Waals surface area contributed by atoms with Gasteiger partial charge in [-0.15, -0.1) is 0 Å². The van der Waals surface area contributed by atoms with E-state index in [0.717, 1.165) is 0 Å². The van der Waals surface area contributed by atoms with E-state index in [1.807, 2.05) is 18.2 Å². The molecule has 3 rings (SSSR count). The number of amides is 2. The van der Waals surface area contributed by atoms with Crippen molar-refractivity contribution in [2.75, 3.05) is 16.0 Å². The third kappa shape index (κ3) is 3.16. The van der Waals surface area contributed by atoms with Gasteiger partial charge >= 0.3 is 0 Å². The maximum absolute atomic E-state index is 12.5. The van der Waals surface area contributed by atoms with Crippen LogP contribution in [0.25, 0.3) is 0 Å². The summed E-state index contributed by atoms with van der Waals surface area (Å²) in [7, 11) is 0. The van der Waals surface area contributed by atoms with Crippen molar-refractivity contribution in [3.8, 4) is 6.07 Å². The van der Waals surface area contributed by atoms with Gasteiger partial charge in [0.25, 0.3) is 5.91 Å². The highest BCUT2D eigenvalue weighted by atomic mass is 32.2. The largest absolute Gasteiger partial charge is 0.321 e. The molecule has 0 saturated carbocycles. The van der Waals surface area contributed by atoms with Crippen LogP contribution < -0.4 is 10.2 Å². The summed E-state index contributed by atoms with van der Waals surface area (Å²) in [5.41, 5.74) is 1.16. The molecule has 0 bridgehead atoms. The molecule has 6 heteroatoms. The fraction of sp³-hybridized carbons (Fsp3) is 0.0556. The van der Waals surface area contributed by atoms with Gasteiger partial charge in [0.1, 0.15) is 16.7 Å². The van der Waals surface area contributed by atoms with Gasteiger partial charge in [0.05, 0.1) is 5.75 Å². The number of para-hydroxylation sites is 2. The Morgan fingerprint density at radius 2 is 1.71 bits per heavy atom. The summed E-state index contributed by atoms with van der Waals surface area (Å²) in [6, 6.07) is 19.8. The van der Waals surface area contributed by atoms with E-state index in [-0.39, 0.29) is 17.2 Å². The van der Waals surface area contributed by atoms with Crippen LogP contribution in [-0.2, 0) is 9.59 Å². The van der Waals surface area contributed by atoms with E-state index >= 15 is 0 Å². The minimum Gasteiger partial charge on any atom is -0.321 e. The average molecular weight is 335 g/mol. The first kappa shape index (κ1) is 15.8. The smallest absolute Gasteiger partial charge is 0.269 e. The number of nitrogens with zero attached hydrogens (tertiary/aromatic N) is 2. The number of carbonyl (C=O) groups is 2.